The molecule has 0 aliphatic rings. The zero-order chi connectivity index (χ0) is 22.8. The van der Waals surface area contributed by atoms with Crippen molar-refractivity contribution < 1.29 is 23.8 Å². The van der Waals surface area contributed by atoms with E-state index in [2.05, 4.69) is 18.7 Å². The number of hydrogen-bond donors (Lipinski definition) is 0. The van der Waals surface area contributed by atoms with E-state index >= 15 is 0 Å². The third kappa shape index (κ3) is 6.64. The van der Waals surface area contributed by atoms with Crippen LogP contribution in [0.5, 0.6) is 11.5 Å². The fourth-order valence-corrected chi connectivity index (χ4v) is 3.34. The molecule has 2 aromatic rings. The second-order valence-corrected chi connectivity index (χ2v) is 7.08. The minimum Gasteiger partial charge on any atom is -0.497 e. The number of methoxy groups -OCH3 is 3. The van der Waals surface area contributed by atoms with Crippen LogP contribution in [0.4, 0.5) is 5.69 Å². The minimum absolute atomic E-state index is 0.159. The SMILES string of the molecule is CCCN(CC)c1ccc(C(=O)N(CC(=O)OC)Cc2cc(OC)cc(OC)c2)cc1. The lowest BCUT2D eigenvalue weighted by molar-refractivity contribution is -0.141. The molecule has 168 valence electrons. The lowest BCUT2D eigenvalue weighted by Crippen LogP contribution is -2.35. The molecule has 0 heterocycles. The summed E-state index contributed by atoms with van der Waals surface area (Å²) in [4.78, 5) is 28.9. The van der Waals surface area contributed by atoms with Crippen LogP contribution in [-0.4, -0.2) is 57.7 Å². The number of hydrogen-bond acceptors (Lipinski definition) is 6. The van der Waals surface area contributed by atoms with E-state index in [1.807, 2.05) is 24.3 Å². The Bertz CT molecular complexity index is 845. The molecule has 0 fully saturated rings. The molecule has 0 aliphatic carbocycles. The molecule has 1 amide bonds. The first kappa shape index (κ1) is 24.1. The van der Waals surface area contributed by atoms with Gasteiger partial charge >= 0.3 is 5.97 Å². The average Bonchev–Trinajstić information content (AvgIpc) is 2.81. The van der Waals surface area contributed by atoms with Crippen LogP contribution in [0, 0.1) is 0 Å². The van der Waals surface area contributed by atoms with E-state index in [1.165, 1.54) is 12.0 Å². The van der Waals surface area contributed by atoms with Gasteiger partial charge in [0.05, 0.1) is 21.3 Å². The highest BCUT2D eigenvalue weighted by molar-refractivity contribution is 5.96. The highest BCUT2D eigenvalue weighted by Gasteiger charge is 2.21. The molecule has 0 atom stereocenters. The third-order valence-electron chi connectivity index (χ3n) is 4.97. The third-order valence-corrected chi connectivity index (χ3v) is 4.97. The predicted molar refractivity (Wildman–Crippen MR) is 121 cm³/mol. The molecule has 0 saturated heterocycles. The molecule has 0 radical (unpaired) electrons. The Hall–Kier alpha value is -3.22. The maximum Gasteiger partial charge on any atom is 0.325 e. The van der Waals surface area contributed by atoms with Gasteiger partial charge in [0.15, 0.2) is 0 Å². The van der Waals surface area contributed by atoms with Gasteiger partial charge in [-0.05, 0) is 55.3 Å². The fraction of sp³-hybridized carbons (Fsp3) is 0.417. The van der Waals surface area contributed by atoms with E-state index in [4.69, 9.17) is 14.2 Å². The first-order chi connectivity index (χ1) is 14.9. The number of benzene rings is 2. The van der Waals surface area contributed by atoms with Gasteiger partial charge in [-0.1, -0.05) is 6.92 Å². The summed E-state index contributed by atoms with van der Waals surface area (Å²) in [7, 11) is 4.44. The molecule has 2 rings (SSSR count). The number of carbonyl (C=O) groups excluding carboxylic acids is 2. The monoisotopic (exact) mass is 428 g/mol. The molecule has 0 aliphatic heterocycles. The van der Waals surface area contributed by atoms with E-state index in [-0.39, 0.29) is 19.0 Å². The summed E-state index contributed by atoms with van der Waals surface area (Å²) >= 11 is 0. The van der Waals surface area contributed by atoms with Crippen molar-refractivity contribution in [3.63, 3.8) is 0 Å². The van der Waals surface area contributed by atoms with Crippen LogP contribution in [-0.2, 0) is 16.1 Å². The predicted octanol–water partition coefficient (Wildman–Crippen LogP) is 3.76. The number of anilines is 1. The second-order valence-electron chi connectivity index (χ2n) is 7.08. The normalized spacial score (nSPS) is 10.4. The lowest BCUT2D eigenvalue weighted by Gasteiger charge is -2.24. The molecule has 31 heavy (non-hydrogen) atoms. The standard InChI is InChI=1S/C24H32N2O5/c1-6-12-25(7-2)20-10-8-19(9-11-20)24(28)26(17-23(27)31-5)16-18-13-21(29-3)15-22(14-18)30-4/h8-11,13-15H,6-7,12,16-17H2,1-5H3. The summed E-state index contributed by atoms with van der Waals surface area (Å²) in [6.07, 6.45) is 1.05. The Balaban J connectivity index is 2.29. The molecule has 2 aromatic carbocycles. The van der Waals surface area contributed by atoms with Gasteiger partial charge in [0, 0.05) is 37.0 Å². The quantitative estimate of drug-likeness (QED) is 0.508. The van der Waals surface area contributed by atoms with Gasteiger partial charge in [-0.3, -0.25) is 9.59 Å². The van der Waals surface area contributed by atoms with Crippen molar-refractivity contribution in [1.29, 1.82) is 0 Å². The Kier molecular flexibility index (Phi) is 9.18. The van der Waals surface area contributed by atoms with Crippen LogP contribution in [0.1, 0.15) is 36.2 Å². The largest absolute Gasteiger partial charge is 0.497 e. The Labute approximate surface area is 184 Å². The van der Waals surface area contributed by atoms with Gasteiger partial charge < -0.3 is 24.0 Å². The highest BCUT2D eigenvalue weighted by Crippen LogP contribution is 2.24. The van der Waals surface area contributed by atoms with Gasteiger partial charge in [0.25, 0.3) is 5.91 Å². The van der Waals surface area contributed by atoms with Crippen LogP contribution in [0.25, 0.3) is 0 Å². The van der Waals surface area contributed by atoms with E-state index in [0.29, 0.717) is 17.1 Å². The topological polar surface area (TPSA) is 68.3 Å². The van der Waals surface area contributed by atoms with Crippen LogP contribution in [0.3, 0.4) is 0 Å². The van der Waals surface area contributed by atoms with Crippen molar-refractivity contribution in [3.8, 4) is 11.5 Å². The lowest BCUT2D eigenvalue weighted by atomic mass is 10.1. The van der Waals surface area contributed by atoms with Crippen molar-refractivity contribution in [3.05, 3.63) is 53.6 Å². The Morgan fingerprint density at radius 3 is 2.00 bits per heavy atom. The summed E-state index contributed by atoms with van der Waals surface area (Å²) in [5.74, 6) is 0.483. The van der Waals surface area contributed by atoms with E-state index in [9.17, 15) is 9.59 Å². The molecular formula is C24H32N2O5. The van der Waals surface area contributed by atoms with Gasteiger partial charge in [-0.2, -0.15) is 0 Å². The van der Waals surface area contributed by atoms with Crippen LogP contribution in [0.2, 0.25) is 0 Å². The zero-order valence-corrected chi connectivity index (χ0v) is 19.0. The van der Waals surface area contributed by atoms with Gasteiger partial charge in [0.2, 0.25) is 0 Å². The molecule has 0 bridgehead atoms. The average molecular weight is 429 g/mol. The second kappa shape index (κ2) is 11.8. The van der Waals surface area contributed by atoms with Crippen molar-refractivity contribution in [2.75, 3.05) is 45.9 Å². The van der Waals surface area contributed by atoms with Crippen molar-refractivity contribution >= 4 is 17.6 Å². The molecule has 7 heteroatoms. The summed E-state index contributed by atoms with van der Waals surface area (Å²) in [6.45, 7) is 6.14. The van der Waals surface area contributed by atoms with Crippen LogP contribution >= 0.6 is 0 Å². The number of amides is 1. The maximum absolute atomic E-state index is 13.2. The molecule has 0 aromatic heterocycles. The first-order valence-corrected chi connectivity index (χ1v) is 10.4. The van der Waals surface area contributed by atoms with E-state index in [0.717, 1.165) is 30.8 Å². The number of ether oxygens (including phenoxy) is 3. The summed E-state index contributed by atoms with van der Waals surface area (Å²) in [5.41, 5.74) is 2.36. The first-order valence-electron chi connectivity index (χ1n) is 10.4. The molecule has 0 spiro atoms. The Morgan fingerprint density at radius 1 is 0.903 bits per heavy atom. The van der Waals surface area contributed by atoms with E-state index < -0.39 is 5.97 Å². The van der Waals surface area contributed by atoms with Crippen molar-refractivity contribution in [2.24, 2.45) is 0 Å². The van der Waals surface area contributed by atoms with Crippen molar-refractivity contribution in [1.82, 2.24) is 4.90 Å². The number of esters is 1. The number of nitrogens with zero attached hydrogens (tertiary/aromatic N) is 2. The Morgan fingerprint density at radius 2 is 1.52 bits per heavy atom. The van der Waals surface area contributed by atoms with Gasteiger partial charge in [0.1, 0.15) is 18.0 Å². The summed E-state index contributed by atoms with van der Waals surface area (Å²) in [6, 6.07) is 12.9. The zero-order valence-electron chi connectivity index (χ0n) is 19.0. The summed E-state index contributed by atoms with van der Waals surface area (Å²) in [5, 5.41) is 0. The number of carbonyl (C=O) groups is 2. The molecule has 7 nitrogen and oxygen atoms in total. The summed E-state index contributed by atoms with van der Waals surface area (Å²) < 4.78 is 15.4. The maximum atomic E-state index is 13.2. The van der Waals surface area contributed by atoms with Crippen LogP contribution < -0.4 is 14.4 Å². The molecular weight excluding hydrogens is 396 g/mol. The van der Waals surface area contributed by atoms with E-state index in [1.54, 1.807) is 32.4 Å². The van der Waals surface area contributed by atoms with Crippen molar-refractivity contribution in [2.45, 2.75) is 26.8 Å². The number of rotatable bonds is 11. The van der Waals surface area contributed by atoms with Gasteiger partial charge in [-0.25, -0.2) is 0 Å². The fourth-order valence-electron chi connectivity index (χ4n) is 3.34. The molecule has 0 N–H and O–H groups in total. The van der Waals surface area contributed by atoms with Crippen LogP contribution in [0.15, 0.2) is 42.5 Å². The van der Waals surface area contributed by atoms with Gasteiger partial charge in [-0.15, -0.1) is 0 Å². The minimum atomic E-state index is -0.486. The molecule has 0 saturated carbocycles. The highest BCUT2D eigenvalue weighted by atomic mass is 16.5. The molecule has 0 unspecified atom stereocenters. The smallest absolute Gasteiger partial charge is 0.325 e.